The van der Waals surface area contributed by atoms with Crippen LogP contribution in [-0.4, -0.2) is 35.6 Å². The minimum Gasteiger partial charge on any atom is -0.423 e. The van der Waals surface area contributed by atoms with Gasteiger partial charge < -0.3 is 15.0 Å². The van der Waals surface area contributed by atoms with Crippen molar-refractivity contribution in [2.75, 3.05) is 30.9 Å². The van der Waals surface area contributed by atoms with Gasteiger partial charge in [0.1, 0.15) is 5.75 Å². The summed E-state index contributed by atoms with van der Waals surface area (Å²) in [6.07, 6.45) is 0. The zero-order valence-corrected chi connectivity index (χ0v) is 14.2. The van der Waals surface area contributed by atoms with Gasteiger partial charge in [0.15, 0.2) is 0 Å². The van der Waals surface area contributed by atoms with Gasteiger partial charge in [0.05, 0.1) is 5.02 Å². The van der Waals surface area contributed by atoms with Gasteiger partial charge in [0.2, 0.25) is 11.9 Å². The van der Waals surface area contributed by atoms with E-state index in [0.717, 1.165) is 4.47 Å². The maximum absolute atomic E-state index is 6.13. The standard InChI is InChI=1S/C13H15BrClN5O/c1-4-16-11-17-12(20(2)3)19-13(18-11)21-10-6-5-8(14)7-9(10)15/h5-7H,4H2,1-3H3,(H,16,17,18,19). The van der Waals surface area contributed by atoms with E-state index < -0.39 is 0 Å². The summed E-state index contributed by atoms with van der Waals surface area (Å²) in [5.74, 6) is 1.45. The van der Waals surface area contributed by atoms with Crippen LogP contribution in [0.4, 0.5) is 11.9 Å². The highest BCUT2D eigenvalue weighted by molar-refractivity contribution is 9.10. The van der Waals surface area contributed by atoms with Crippen molar-refractivity contribution in [3.05, 3.63) is 27.7 Å². The highest BCUT2D eigenvalue weighted by Gasteiger charge is 2.11. The van der Waals surface area contributed by atoms with Gasteiger partial charge in [-0.05, 0) is 25.1 Å². The van der Waals surface area contributed by atoms with Crippen LogP contribution in [0.15, 0.2) is 22.7 Å². The highest BCUT2D eigenvalue weighted by atomic mass is 79.9. The summed E-state index contributed by atoms with van der Waals surface area (Å²) >= 11 is 9.48. The summed E-state index contributed by atoms with van der Waals surface area (Å²) in [5, 5.41) is 3.52. The van der Waals surface area contributed by atoms with Crippen molar-refractivity contribution < 1.29 is 4.74 Å². The van der Waals surface area contributed by atoms with Gasteiger partial charge in [-0.15, -0.1) is 0 Å². The molecule has 2 aromatic rings. The molecule has 6 nitrogen and oxygen atoms in total. The number of nitrogens with one attached hydrogen (secondary N) is 1. The van der Waals surface area contributed by atoms with Gasteiger partial charge in [-0.3, -0.25) is 0 Å². The summed E-state index contributed by atoms with van der Waals surface area (Å²) in [6.45, 7) is 2.67. The number of ether oxygens (including phenoxy) is 1. The van der Waals surface area contributed by atoms with Gasteiger partial charge in [-0.25, -0.2) is 0 Å². The Morgan fingerprint density at radius 3 is 2.67 bits per heavy atom. The van der Waals surface area contributed by atoms with Crippen LogP contribution in [0.1, 0.15) is 6.92 Å². The second-order valence-electron chi connectivity index (χ2n) is 4.34. The van der Waals surface area contributed by atoms with E-state index >= 15 is 0 Å². The van der Waals surface area contributed by atoms with Crippen LogP contribution >= 0.6 is 27.5 Å². The number of anilines is 2. The molecule has 1 aromatic heterocycles. The van der Waals surface area contributed by atoms with Gasteiger partial charge in [-0.2, -0.15) is 15.0 Å². The van der Waals surface area contributed by atoms with E-state index in [2.05, 4.69) is 36.2 Å². The van der Waals surface area contributed by atoms with E-state index in [9.17, 15) is 0 Å². The number of rotatable bonds is 5. The van der Waals surface area contributed by atoms with Crippen LogP contribution in [0.5, 0.6) is 11.8 Å². The third-order valence-electron chi connectivity index (χ3n) is 2.43. The molecule has 0 atom stereocenters. The van der Waals surface area contributed by atoms with E-state index in [-0.39, 0.29) is 6.01 Å². The molecule has 1 heterocycles. The van der Waals surface area contributed by atoms with Crippen LogP contribution in [0, 0.1) is 0 Å². The van der Waals surface area contributed by atoms with Crippen molar-refractivity contribution in [1.82, 2.24) is 15.0 Å². The normalized spacial score (nSPS) is 10.3. The maximum atomic E-state index is 6.13. The fourth-order valence-corrected chi connectivity index (χ4v) is 2.20. The zero-order valence-electron chi connectivity index (χ0n) is 11.9. The van der Waals surface area contributed by atoms with Crippen molar-refractivity contribution in [2.45, 2.75) is 6.92 Å². The van der Waals surface area contributed by atoms with Crippen molar-refractivity contribution in [3.63, 3.8) is 0 Å². The third kappa shape index (κ3) is 4.18. The molecule has 0 saturated carbocycles. The summed E-state index contributed by atoms with van der Waals surface area (Å²) in [7, 11) is 3.70. The van der Waals surface area contributed by atoms with Crippen molar-refractivity contribution in [1.29, 1.82) is 0 Å². The minimum atomic E-state index is 0.189. The molecule has 0 aliphatic carbocycles. The molecule has 112 valence electrons. The average molecular weight is 373 g/mol. The molecule has 1 aromatic carbocycles. The first kappa shape index (κ1) is 15.8. The molecule has 0 amide bonds. The quantitative estimate of drug-likeness (QED) is 0.865. The van der Waals surface area contributed by atoms with Crippen LogP contribution in [0.25, 0.3) is 0 Å². The fraction of sp³-hybridized carbons (Fsp3) is 0.308. The lowest BCUT2D eigenvalue weighted by Crippen LogP contribution is -2.15. The molecule has 2 rings (SSSR count). The molecule has 0 fully saturated rings. The van der Waals surface area contributed by atoms with E-state index in [0.29, 0.717) is 29.2 Å². The van der Waals surface area contributed by atoms with Crippen LogP contribution in [0.2, 0.25) is 5.02 Å². The van der Waals surface area contributed by atoms with Gasteiger partial charge in [0.25, 0.3) is 0 Å². The first-order valence-electron chi connectivity index (χ1n) is 6.29. The molecular weight excluding hydrogens is 358 g/mol. The van der Waals surface area contributed by atoms with Crippen molar-refractivity contribution in [2.24, 2.45) is 0 Å². The largest absolute Gasteiger partial charge is 0.423 e. The van der Waals surface area contributed by atoms with Gasteiger partial charge >= 0.3 is 6.01 Å². The number of hydrogen-bond acceptors (Lipinski definition) is 6. The van der Waals surface area contributed by atoms with E-state index in [1.807, 2.05) is 27.1 Å². The van der Waals surface area contributed by atoms with Crippen LogP contribution in [-0.2, 0) is 0 Å². The Labute approximate surface area is 136 Å². The lowest BCUT2D eigenvalue weighted by atomic mass is 10.3. The molecule has 0 saturated heterocycles. The predicted molar refractivity (Wildman–Crippen MR) is 87.5 cm³/mol. The molecule has 0 bridgehead atoms. The number of aromatic nitrogens is 3. The van der Waals surface area contributed by atoms with E-state index in [4.69, 9.17) is 16.3 Å². The van der Waals surface area contributed by atoms with Gasteiger partial charge in [-0.1, -0.05) is 27.5 Å². The predicted octanol–water partition coefficient (Wildman–Crippen LogP) is 3.58. The number of halogens is 2. The minimum absolute atomic E-state index is 0.189. The Morgan fingerprint density at radius 1 is 1.29 bits per heavy atom. The highest BCUT2D eigenvalue weighted by Crippen LogP contribution is 2.30. The lowest BCUT2D eigenvalue weighted by Gasteiger charge is -2.13. The average Bonchev–Trinajstić information content (AvgIpc) is 2.42. The zero-order chi connectivity index (χ0) is 15.4. The first-order valence-corrected chi connectivity index (χ1v) is 7.47. The second kappa shape index (κ2) is 6.91. The number of hydrogen-bond donors (Lipinski definition) is 1. The van der Waals surface area contributed by atoms with E-state index in [1.54, 1.807) is 17.0 Å². The molecule has 0 unspecified atom stereocenters. The Bertz CT molecular complexity index is 638. The summed E-state index contributed by atoms with van der Waals surface area (Å²) < 4.78 is 6.53. The van der Waals surface area contributed by atoms with Crippen molar-refractivity contribution >= 4 is 39.4 Å². The van der Waals surface area contributed by atoms with Gasteiger partial charge in [0, 0.05) is 25.1 Å². The monoisotopic (exact) mass is 371 g/mol. The molecule has 1 N–H and O–H groups in total. The first-order chi connectivity index (χ1) is 9.99. The summed E-state index contributed by atoms with van der Waals surface area (Å²) in [6, 6.07) is 5.52. The second-order valence-corrected chi connectivity index (χ2v) is 5.67. The van der Waals surface area contributed by atoms with Crippen LogP contribution < -0.4 is 15.0 Å². The SMILES string of the molecule is CCNc1nc(Oc2ccc(Br)cc2Cl)nc(N(C)C)n1. The lowest BCUT2D eigenvalue weighted by molar-refractivity contribution is 0.440. The number of nitrogens with zero attached hydrogens (tertiary/aromatic N) is 4. The fourth-order valence-electron chi connectivity index (χ4n) is 1.49. The number of benzene rings is 1. The van der Waals surface area contributed by atoms with Crippen LogP contribution in [0.3, 0.4) is 0 Å². The Kier molecular flexibility index (Phi) is 5.19. The Morgan fingerprint density at radius 2 is 2.05 bits per heavy atom. The molecule has 0 spiro atoms. The molecule has 21 heavy (non-hydrogen) atoms. The molecular formula is C13H15BrClN5O. The smallest absolute Gasteiger partial charge is 0.328 e. The molecule has 8 heteroatoms. The Balaban J connectivity index is 2.33. The molecule has 0 aliphatic heterocycles. The Hall–Kier alpha value is -1.60. The maximum Gasteiger partial charge on any atom is 0.328 e. The summed E-state index contributed by atoms with van der Waals surface area (Å²) in [5.41, 5.74) is 0. The topological polar surface area (TPSA) is 63.2 Å². The third-order valence-corrected chi connectivity index (χ3v) is 3.22. The molecule has 0 aliphatic rings. The van der Waals surface area contributed by atoms with E-state index in [1.165, 1.54) is 0 Å². The molecule has 0 radical (unpaired) electrons. The summed E-state index contributed by atoms with van der Waals surface area (Å²) in [4.78, 5) is 14.5. The van der Waals surface area contributed by atoms with Crippen molar-refractivity contribution in [3.8, 4) is 11.8 Å².